The van der Waals surface area contributed by atoms with Gasteiger partial charge in [0.05, 0.1) is 6.42 Å². The summed E-state index contributed by atoms with van der Waals surface area (Å²) >= 11 is 0. The molecule has 2 aromatic carbocycles. The summed E-state index contributed by atoms with van der Waals surface area (Å²) in [7, 11) is 0. The van der Waals surface area contributed by atoms with Crippen LogP contribution in [0.2, 0.25) is 0 Å². The zero-order valence-electron chi connectivity index (χ0n) is 11.0. The maximum Gasteiger partial charge on any atom is 0.224 e. The second kappa shape index (κ2) is 6.61. The Morgan fingerprint density at radius 3 is 2.55 bits per heavy atom. The average molecular weight is 271 g/mol. The lowest BCUT2D eigenvalue weighted by molar-refractivity contribution is -0.120. The molecule has 0 aliphatic carbocycles. The van der Waals surface area contributed by atoms with Gasteiger partial charge in [0.2, 0.25) is 5.91 Å². The zero-order chi connectivity index (χ0) is 14.4. The number of hydrogen-bond donors (Lipinski definition) is 3. The van der Waals surface area contributed by atoms with Crippen LogP contribution in [-0.2, 0) is 17.6 Å². The fraction of sp³-hybridized carbons (Fsp3) is 0.188. The van der Waals surface area contributed by atoms with Gasteiger partial charge in [-0.05, 0) is 30.2 Å². The lowest BCUT2D eigenvalue weighted by atomic mass is 10.1. The zero-order valence-corrected chi connectivity index (χ0v) is 11.0. The Labute approximate surface area is 117 Å². The van der Waals surface area contributed by atoms with Crippen molar-refractivity contribution >= 4 is 5.91 Å². The summed E-state index contributed by atoms with van der Waals surface area (Å²) in [5.74, 6) is -0.127. The van der Waals surface area contributed by atoms with Crippen molar-refractivity contribution in [1.29, 1.82) is 0 Å². The number of phenols is 2. The number of phenolic OH excluding ortho intramolecular Hbond substituents is 2. The van der Waals surface area contributed by atoms with Crippen molar-refractivity contribution < 1.29 is 15.0 Å². The molecule has 0 aromatic heterocycles. The minimum absolute atomic E-state index is 0.0148. The Balaban J connectivity index is 1.82. The quantitative estimate of drug-likeness (QED) is 0.728. The second-order valence-corrected chi connectivity index (χ2v) is 4.58. The van der Waals surface area contributed by atoms with Crippen molar-refractivity contribution in [3.63, 3.8) is 0 Å². The van der Waals surface area contributed by atoms with E-state index in [-0.39, 0.29) is 23.8 Å². The number of nitrogens with one attached hydrogen (secondary N) is 1. The van der Waals surface area contributed by atoms with Crippen LogP contribution < -0.4 is 5.32 Å². The molecule has 2 aromatic rings. The van der Waals surface area contributed by atoms with Gasteiger partial charge in [0.15, 0.2) is 0 Å². The molecule has 3 N–H and O–H groups in total. The minimum Gasteiger partial charge on any atom is -0.508 e. The van der Waals surface area contributed by atoms with Gasteiger partial charge in [-0.1, -0.05) is 30.3 Å². The first-order valence-corrected chi connectivity index (χ1v) is 6.46. The van der Waals surface area contributed by atoms with Crippen LogP contribution in [0.15, 0.2) is 48.5 Å². The molecule has 4 nitrogen and oxygen atoms in total. The first-order chi connectivity index (χ1) is 9.65. The molecular weight excluding hydrogens is 254 g/mol. The minimum atomic E-state index is -0.179. The van der Waals surface area contributed by atoms with E-state index in [0.717, 1.165) is 12.0 Å². The van der Waals surface area contributed by atoms with E-state index in [1.54, 1.807) is 0 Å². The maximum absolute atomic E-state index is 11.8. The van der Waals surface area contributed by atoms with E-state index < -0.39 is 0 Å². The average Bonchev–Trinajstić information content (AvgIpc) is 2.44. The van der Waals surface area contributed by atoms with Crippen LogP contribution in [-0.4, -0.2) is 22.7 Å². The van der Waals surface area contributed by atoms with Crippen LogP contribution in [0, 0.1) is 0 Å². The predicted molar refractivity (Wildman–Crippen MR) is 76.6 cm³/mol. The molecule has 0 spiro atoms. The van der Waals surface area contributed by atoms with Gasteiger partial charge in [-0.3, -0.25) is 4.79 Å². The lowest BCUT2D eigenvalue weighted by Gasteiger charge is -2.07. The first-order valence-electron chi connectivity index (χ1n) is 6.46. The first kappa shape index (κ1) is 13.9. The molecule has 0 radical (unpaired) electrons. The molecule has 0 fully saturated rings. The maximum atomic E-state index is 11.8. The van der Waals surface area contributed by atoms with Crippen molar-refractivity contribution in [2.45, 2.75) is 12.8 Å². The van der Waals surface area contributed by atoms with E-state index in [4.69, 9.17) is 0 Å². The molecular formula is C16H17NO3. The molecule has 0 heterocycles. The van der Waals surface area contributed by atoms with Crippen molar-refractivity contribution in [3.8, 4) is 11.5 Å². The second-order valence-electron chi connectivity index (χ2n) is 4.58. The summed E-state index contributed by atoms with van der Waals surface area (Å²) in [6.07, 6.45) is 0.813. The van der Waals surface area contributed by atoms with Crippen LogP contribution in [0.4, 0.5) is 0 Å². The van der Waals surface area contributed by atoms with Crippen LogP contribution in [0.1, 0.15) is 11.1 Å². The topological polar surface area (TPSA) is 69.6 Å². The SMILES string of the molecule is O=C(Cc1cc(O)ccc1O)NCCc1ccccc1. The number of aromatic hydroxyl groups is 2. The number of carbonyl (C=O) groups is 1. The molecule has 0 unspecified atom stereocenters. The molecule has 0 aliphatic rings. The number of amides is 1. The number of benzene rings is 2. The van der Waals surface area contributed by atoms with Crippen LogP contribution >= 0.6 is 0 Å². The predicted octanol–water partition coefficient (Wildman–Crippen LogP) is 2.00. The Morgan fingerprint density at radius 1 is 1.05 bits per heavy atom. The number of carbonyl (C=O) groups excluding carboxylic acids is 1. The summed E-state index contributed by atoms with van der Waals surface area (Å²) < 4.78 is 0. The summed E-state index contributed by atoms with van der Waals surface area (Å²) in [6.45, 7) is 0.544. The van der Waals surface area contributed by atoms with E-state index in [2.05, 4.69) is 5.32 Å². The summed E-state index contributed by atoms with van der Waals surface area (Å²) in [4.78, 5) is 11.8. The van der Waals surface area contributed by atoms with Gasteiger partial charge in [-0.15, -0.1) is 0 Å². The highest BCUT2D eigenvalue weighted by atomic mass is 16.3. The number of rotatable bonds is 5. The summed E-state index contributed by atoms with van der Waals surface area (Å²) in [5, 5.41) is 21.7. The molecule has 4 heteroatoms. The molecule has 0 saturated carbocycles. The monoisotopic (exact) mass is 271 g/mol. The van der Waals surface area contributed by atoms with E-state index in [9.17, 15) is 15.0 Å². The van der Waals surface area contributed by atoms with Gasteiger partial charge in [-0.2, -0.15) is 0 Å². The normalized spacial score (nSPS) is 10.2. The van der Waals surface area contributed by atoms with E-state index >= 15 is 0 Å². The van der Waals surface area contributed by atoms with Gasteiger partial charge in [-0.25, -0.2) is 0 Å². The third kappa shape index (κ3) is 4.02. The third-order valence-corrected chi connectivity index (χ3v) is 2.99. The standard InChI is InChI=1S/C16H17NO3/c18-14-6-7-15(19)13(10-14)11-16(20)17-9-8-12-4-2-1-3-5-12/h1-7,10,18-19H,8-9,11H2,(H,17,20). The van der Waals surface area contributed by atoms with Gasteiger partial charge in [0.1, 0.15) is 11.5 Å². The number of hydrogen-bond acceptors (Lipinski definition) is 3. The highest BCUT2D eigenvalue weighted by molar-refractivity contribution is 5.79. The lowest BCUT2D eigenvalue weighted by Crippen LogP contribution is -2.27. The van der Waals surface area contributed by atoms with Crippen molar-refractivity contribution in [3.05, 3.63) is 59.7 Å². The van der Waals surface area contributed by atoms with Crippen LogP contribution in [0.5, 0.6) is 11.5 Å². The highest BCUT2D eigenvalue weighted by Crippen LogP contribution is 2.22. The summed E-state index contributed by atoms with van der Waals surface area (Å²) in [6, 6.07) is 14.0. The molecule has 20 heavy (non-hydrogen) atoms. The smallest absolute Gasteiger partial charge is 0.224 e. The molecule has 0 saturated heterocycles. The van der Waals surface area contributed by atoms with Crippen LogP contribution in [0.25, 0.3) is 0 Å². The van der Waals surface area contributed by atoms with E-state index in [1.807, 2.05) is 30.3 Å². The van der Waals surface area contributed by atoms with Gasteiger partial charge in [0.25, 0.3) is 0 Å². The molecule has 2 rings (SSSR count). The highest BCUT2D eigenvalue weighted by Gasteiger charge is 2.08. The molecule has 104 valence electrons. The summed E-state index contributed by atoms with van der Waals surface area (Å²) in [5.41, 5.74) is 1.58. The molecule has 0 aliphatic heterocycles. The fourth-order valence-corrected chi connectivity index (χ4v) is 1.94. The van der Waals surface area contributed by atoms with E-state index in [0.29, 0.717) is 12.1 Å². The van der Waals surface area contributed by atoms with Gasteiger partial charge in [0, 0.05) is 12.1 Å². The molecule has 1 amide bonds. The Hall–Kier alpha value is -2.49. The Kier molecular flexibility index (Phi) is 4.60. The fourth-order valence-electron chi connectivity index (χ4n) is 1.94. The van der Waals surface area contributed by atoms with Crippen molar-refractivity contribution in [2.75, 3.05) is 6.54 Å². The van der Waals surface area contributed by atoms with Crippen molar-refractivity contribution in [2.24, 2.45) is 0 Å². The molecule has 0 bridgehead atoms. The van der Waals surface area contributed by atoms with Gasteiger partial charge >= 0.3 is 0 Å². The van der Waals surface area contributed by atoms with Crippen molar-refractivity contribution in [1.82, 2.24) is 5.32 Å². The third-order valence-electron chi connectivity index (χ3n) is 2.99. The molecule has 0 atom stereocenters. The van der Waals surface area contributed by atoms with Gasteiger partial charge < -0.3 is 15.5 Å². The Morgan fingerprint density at radius 2 is 1.80 bits per heavy atom. The Bertz CT molecular complexity index is 582. The van der Waals surface area contributed by atoms with Crippen LogP contribution in [0.3, 0.4) is 0 Å². The largest absolute Gasteiger partial charge is 0.508 e. The van der Waals surface area contributed by atoms with E-state index in [1.165, 1.54) is 18.2 Å².